The Morgan fingerprint density at radius 3 is 2.13 bits per heavy atom. The lowest BCUT2D eigenvalue weighted by atomic mass is 9.91. The van der Waals surface area contributed by atoms with E-state index in [1.165, 1.54) is 0 Å². The summed E-state index contributed by atoms with van der Waals surface area (Å²) in [5, 5.41) is 21.7. The van der Waals surface area contributed by atoms with Crippen molar-refractivity contribution in [2.45, 2.75) is 105 Å². The number of primary amides is 1. The van der Waals surface area contributed by atoms with Crippen molar-refractivity contribution in [1.82, 2.24) is 36.3 Å². The molecular weight excluding hydrogens is 698 g/mol. The summed E-state index contributed by atoms with van der Waals surface area (Å²) in [7, 11) is 0. The molecule has 6 amide bonds. The van der Waals surface area contributed by atoms with Crippen LogP contribution >= 0.6 is 0 Å². The van der Waals surface area contributed by atoms with Crippen LogP contribution in [0.1, 0.15) is 85.9 Å². The second-order valence-corrected chi connectivity index (χ2v) is 15.0. The van der Waals surface area contributed by atoms with Crippen LogP contribution in [0.15, 0.2) is 30.5 Å². The molecule has 1 heterocycles. The molecule has 2 atom stereocenters. The van der Waals surface area contributed by atoms with E-state index in [4.69, 9.17) is 19.9 Å². The molecule has 0 unspecified atom stereocenters. The van der Waals surface area contributed by atoms with Crippen molar-refractivity contribution in [3.63, 3.8) is 0 Å². The van der Waals surface area contributed by atoms with Crippen molar-refractivity contribution in [1.29, 1.82) is 0 Å². The van der Waals surface area contributed by atoms with Gasteiger partial charge in [0, 0.05) is 30.4 Å². The van der Waals surface area contributed by atoms with Gasteiger partial charge in [0.2, 0.25) is 11.8 Å². The normalized spacial score (nSPS) is 12.8. The second-order valence-electron chi connectivity index (χ2n) is 15.0. The number of nitrogens with zero attached hydrogens (tertiary/aromatic N) is 3. The first-order valence-corrected chi connectivity index (χ1v) is 18.4. The van der Waals surface area contributed by atoms with E-state index in [-0.39, 0.29) is 50.0 Å². The molecule has 0 bridgehead atoms. The largest absolute Gasteiger partial charge is 0.460 e. The number of ether oxygens (including phenoxy) is 3. The third kappa shape index (κ3) is 16.9. The molecule has 1 aromatic heterocycles. The van der Waals surface area contributed by atoms with Gasteiger partial charge < -0.3 is 46.5 Å². The minimum atomic E-state index is -0.997. The number of urea groups is 2. The summed E-state index contributed by atoms with van der Waals surface area (Å²) >= 11 is 0. The van der Waals surface area contributed by atoms with E-state index in [2.05, 4.69) is 57.7 Å². The van der Waals surface area contributed by atoms with Crippen LogP contribution in [-0.4, -0.2) is 96.4 Å². The van der Waals surface area contributed by atoms with Crippen molar-refractivity contribution in [3.8, 4) is 0 Å². The lowest BCUT2D eigenvalue weighted by molar-refractivity contribution is -0.155. The highest BCUT2D eigenvalue weighted by molar-refractivity contribution is 5.98. The third-order valence-corrected chi connectivity index (χ3v) is 8.54. The molecule has 0 radical (unpaired) electrons. The van der Waals surface area contributed by atoms with Crippen LogP contribution in [0.4, 0.5) is 15.3 Å². The molecule has 0 spiro atoms. The van der Waals surface area contributed by atoms with Gasteiger partial charge in [-0.15, -0.1) is 5.10 Å². The highest BCUT2D eigenvalue weighted by atomic mass is 16.5. The van der Waals surface area contributed by atoms with Crippen LogP contribution in [-0.2, 0) is 47.2 Å². The van der Waals surface area contributed by atoms with Gasteiger partial charge in [0.25, 0.3) is 0 Å². The van der Waals surface area contributed by atoms with Crippen LogP contribution in [0.5, 0.6) is 0 Å². The molecule has 0 aliphatic rings. The average Bonchev–Trinajstić information content (AvgIpc) is 3.60. The molecule has 0 aliphatic carbocycles. The van der Waals surface area contributed by atoms with E-state index in [0.717, 1.165) is 11.3 Å². The molecule has 54 heavy (non-hydrogen) atoms. The first-order chi connectivity index (χ1) is 25.4. The maximum absolute atomic E-state index is 13.4. The first kappa shape index (κ1) is 45.4. The topological polar surface area (TPSA) is 230 Å². The number of nitrogens with two attached hydrogens (primary N) is 1. The van der Waals surface area contributed by atoms with Gasteiger partial charge in [0.1, 0.15) is 18.7 Å². The number of hydrogen-bond acceptors (Lipinski definition) is 10. The van der Waals surface area contributed by atoms with E-state index < -0.39 is 41.4 Å². The van der Waals surface area contributed by atoms with Crippen molar-refractivity contribution >= 4 is 35.5 Å². The molecule has 0 aliphatic heterocycles. The molecule has 17 nitrogen and oxygen atoms in total. The van der Waals surface area contributed by atoms with Crippen LogP contribution < -0.4 is 32.3 Å². The Kier molecular flexibility index (Phi) is 18.9. The Labute approximate surface area is 318 Å². The quantitative estimate of drug-likeness (QED) is 0.0717. The highest BCUT2D eigenvalue weighted by Crippen LogP contribution is 2.22. The first-order valence-electron chi connectivity index (χ1n) is 18.4. The predicted molar refractivity (Wildman–Crippen MR) is 203 cm³/mol. The number of benzene rings is 1. The third-order valence-electron chi connectivity index (χ3n) is 8.54. The zero-order valence-electron chi connectivity index (χ0n) is 33.1. The monoisotopic (exact) mass is 759 g/mol. The van der Waals surface area contributed by atoms with E-state index in [9.17, 15) is 24.0 Å². The second kappa shape index (κ2) is 22.4. The summed E-state index contributed by atoms with van der Waals surface area (Å²) in [6, 6.07) is 3.57. The molecule has 0 fully saturated rings. The predicted octanol–water partition coefficient (Wildman–Crippen LogP) is 2.98. The Morgan fingerprint density at radius 2 is 1.54 bits per heavy atom. The lowest BCUT2D eigenvalue weighted by Gasteiger charge is -2.25. The minimum Gasteiger partial charge on any atom is -0.460 e. The van der Waals surface area contributed by atoms with E-state index in [1.807, 2.05) is 27.0 Å². The summed E-state index contributed by atoms with van der Waals surface area (Å²) < 4.78 is 18.3. The zero-order chi connectivity index (χ0) is 40.3. The summed E-state index contributed by atoms with van der Waals surface area (Å²) in [5.41, 5.74) is 6.62. The van der Waals surface area contributed by atoms with Gasteiger partial charge in [-0.3, -0.25) is 14.4 Å². The van der Waals surface area contributed by atoms with Gasteiger partial charge in [0.15, 0.2) is 0 Å². The van der Waals surface area contributed by atoms with Gasteiger partial charge in [-0.25, -0.2) is 14.3 Å². The fraction of sp³-hybridized carbons (Fsp3) is 0.649. The van der Waals surface area contributed by atoms with Crippen LogP contribution in [0.2, 0.25) is 0 Å². The van der Waals surface area contributed by atoms with Gasteiger partial charge >= 0.3 is 18.0 Å². The van der Waals surface area contributed by atoms with Crippen LogP contribution in [0.3, 0.4) is 0 Å². The van der Waals surface area contributed by atoms with Crippen LogP contribution in [0.25, 0.3) is 0 Å². The lowest BCUT2D eigenvalue weighted by Crippen LogP contribution is -2.56. The van der Waals surface area contributed by atoms with Gasteiger partial charge in [0.05, 0.1) is 44.1 Å². The number of carbonyl (C=O) groups is 5. The van der Waals surface area contributed by atoms with Crippen molar-refractivity contribution in [2.24, 2.45) is 17.1 Å². The standard InChI is InChI=1S/C37H61N9O8/c1-9-37(7,8)33(49)54-24-26-12-14-27(15-13-26)41-31(47)28(11-10-16-39-34(38)50)42-32(48)30(25(2)3)43-35(51)40-17-19-52-21-22-53-20-18-46-23-29(44-45-46)36(4,5)6/h12-15,23,25,28,30H,9-11,16-22,24H2,1-8H3,(H,41,47)(H,42,48)(H3,38,39,50)(H2,40,43,51)/t28-,30-/m0/s1. The molecule has 17 heteroatoms. The summed E-state index contributed by atoms with van der Waals surface area (Å²) in [4.78, 5) is 62.9. The Morgan fingerprint density at radius 1 is 0.870 bits per heavy atom. The van der Waals surface area contributed by atoms with Crippen molar-refractivity contribution in [3.05, 3.63) is 41.7 Å². The summed E-state index contributed by atoms with van der Waals surface area (Å²) in [5.74, 6) is -1.65. The number of nitrogens with one attached hydrogen (secondary N) is 5. The smallest absolute Gasteiger partial charge is 0.315 e. The Balaban J connectivity index is 1.83. The Hall–Kier alpha value is -4.77. The zero-order valence-corrected chi connectivity index (χ0v) is 33.1. The number of esters is 1. The van der Waals surface area contributed by atoms with Crippen molar-refractivity contribution in [2.75, 3.05) is 44.8 Å². The molecule has 0 saturated carbocycles. The molecule has 2 aromatic rings. The molecule has 2 rings (SSSR count). The number of rotatable bonds is 23. The van der Waals surface area contributed by atoms with Gasteiger partial charge in [-0.2, -0.15) is 0 Å². The van der Waals surface area contributed by atoms with E-state index in [0.29, 0.717) is 44.9 Å². The SMILES string of the molecule is CCC(C)(C)C(=O)OCc1ccc(NC(=O)[C@H](CCCNC(N)=O)NC(=O)[C@@H](NC(=O)NCCOCCOCCn2cc(C(C)(C)C)nn2)C(C)C)cc1. The Bertz CT molecular complexity index is 1490. The number of amides is 6. The minimum absolute atomic E-state index is 0.0718. The number of hydrogen-bond donors (Lipinski definition) is 6. The molecule has 302 valence electrons. The molecule has 7 N–H and O–H groups in total. The van der Waals surface area contributed by atoms with E-state index >= 15 is 0 Å². The summed E-state index contributed by atoms with van der Waals surface area (Å²) in [6.45, 7) is 17.8. The number of anilines is 1. The molecule has 1 aromatic carbocycles. The maximum atomic E-state index is 13.4. The van der Waals surface area contributed by atoms with Gasteiger partial charge in [-0.1, -0.05) is 58.9 Å². The molecule has 0 saturated heterocycles. The average molecular weight is 760 g/mol. The fourth-order valence-corrected chi connectivity index (χ4v) is 4.65. The van der Waals surface area contributed by atoms with Gasteiger partial charge in [-0.05, 0) is 56.7 Å². The van der Waals surface area contributed by atoms with Crippen LogP contribution in [0, 0.1) is 11.3 Å². The highest BCUT2D eigenvalue weighted by Gasteiger charge is 2.29. The fourth-order valence-electron chi connectivity index (χ4n) is 4.65. The number of carbonyl (C=O) groups excluding carboxylic acids is 5. The maximum Gasteiger partial charge on any atom is 0.315 e. The summed E-state index contributed by atoms with van der Waals surface area (Å²) in [6.07, 6.45) is 3.07. The van der Waals surface area contributed by atoms with E-state index in [1.54, 1.807) is 42.8 Å². The number of aromatic nitrogens is 3. The molecular formula is C37H61N9O8. The van der Waals surface area contributed by atoms with Crippen molar-refractivity contribution < 1.29 is 38.2 Å².